The monoisotopic (exact) mass is 253 g/mol. The lowest BCUT2D eigenvalue weighted by Gasteiger charge is -2.11. The first-order valence-corrected chi connectivity index (χ1v) is 6.32. The van der Waals surface area contributed by atoms with Crippen LogP contribution < -0.4 is 4.74 Å². The standard InChI is InChI=1S/C17H17O2/c1-13-4-3-5-14(2)17(13)12-19-16-8-6-15(7-9-16)10-11-18/h3-9H,10,12H2,1-2H3. The molecule has 0 aromatic heterocycles. The van der Waals surface area contributed by atoms with Crippen molar-refractivity contribution in [2.45, 2.75) is 26.9 Å². The van der Waals surface area contributed by atoms with Crippen molar-refractivity contribution in [1.29, 1.82) is 0 Å². The van der Waals surface area contributed by atoms with Gasteiger partial charge in [-0.25, -0.2) is 0 Å². The highest BCUT2D eigenvalue weighted by Gasteiger charge is 2.03. The minimum Gasteiger partial charge on any atom is -0.489 e. The Morgan fingerprint density at radius 3 is 2.21 bits per heavy atom. The van der Waals surface area contributed by atoms with Gasteiger partial charge in [0.1, 0.15) is 12.4 Å². The molecule has 1 radical (unpaired) electrons. The van der Waals surface area contributed by atoms with Crippen molar-refractivity contribution in [1.82, 2.24) is 0 Å². The smallest absolute Gasteiger partial charge is 0.203 e. The number of carbonyl (C=O) groups excluding carboxylic acids is 1. The second-order valence-corrected chi connectivity index (χ2v) is 4.62. The third-order valence-corrected chi connectivity index (χ3v) is 3.23. The van der Waals surface area contributed by atoms with Crippen molar-refractivity contribution in [3.63, 3.8) is 0 Å². The first-order valence-electron chi connectivity index (χ1n) is 6.32. The molecule has 2 aromatic rings. The summed E-state index contributed by atoms with van der Waals surface area (Å²) in [7, 11) is 0. The number of rotatable bonds is 5. The van der Waals surface area contributed by atoms with Crippen LogP contribution in [-0.4, -0.2) is 6.29 Å². The highest BCUT2D eigenvalue weighted by Crippen LogP contribution is 2.18. The van der Waals surface area contributed by atoms with Gasteiger partial charge in [-0.05, 0) is 48.2 Å². The molecule has 2 heteroatoms. The molecule has 0 saturated carbocycles. The normalized spacial score (nSPS) is 10.2. The third kappa shape index (κ3) is 3.44. The van der Waals surface area contributed by atoms with Crippen LogP contribution in [0.2, 0.25) is 0 Å². The van der Waals surface area contributed by atoms with Gasteiger partial charge in [-0.1, -0.05) is 30.3 Å². The molecule has 2 aromatic carbocycles. The fourth-order valence-corrected chi connectivity index (χ4v) is 2.02. The maximum absolute atomic E-state index is 10.3. The minimum absolute atomic E-state index is 0.331. The molecule has 2 nitrogen and oxygen atoms in total. The van der Waals surface area contributed by atoms with Crippen LogP contribution in [0.3, 0.4) is 0 Å². The second-order valence-electron chi connectivity index (χ2n) is 4.62. The molecule has 0 fully saturated rings. The molecule has 0 amide bonds. The van der Waals surface area contributed by atoms with Gasteiger partial charge in [-0.15, -0.1) is 0 Å². The van der Waals surface area contributed by atoms with E-state index in [-0.39, 0.29) is 0 Å². The van der Waals surface area contributed by atoms with E-state index in [1.165, 1.54) is 16.7 Å². The zero-order valence-electron chi connectivity index (χ0n) is 11.3. The highest BCUT2D eigenvalue weighted by atomic mass is 16.5. The van der Waals surface area contributed by atoms with Gasteiger partial charge in [0.15, 0.2) is 0 Å². The Kier molecular flexibility index (Phi) is 4.35. The Hall–Kier alpha value is -2.09. The van der Waals surface area contributed by atoms with Crippen molar-refractivity contribution in [2.75, 3.05) is 0 Å². The van der Waals surface area contributed by atoms with Crippen LogP contribution in [-0.2, 0) is 17.8 Å². The molecule has 0 N–H and O–H groups in total. The largest absolute Gasteiger partial charge is 0.489 e. The first-order chi connectivity index (χ1) is 9.20. The molecule has 0 aliphatic rings. The average molecular weight is 253 g/mol. The minimum atomic E-state index is 0.331. The lowest BCUT2D eigenvalue weighted by molar-refractivity contribution is 0.304. The van der Waals surface area contributed by atoms with Crippen LogP contribution in [0.4, 0.5) is 0 Å². The van der Waals surface area contributed by atoms with Crippen LogP contribution in [0, 0.1) is 13.8 Å². The Morgan fingerprint density at radius 2 is 1.63 bits per heavy atom. The van der Waals surface area contributed by atoms with Gasteiger partial charge < -0.3 is 4.74 Å². The third-order valence-electron chi connectivity index (χ3n) is 3.23. The molecular weight excluding hydrogens is 236 g/mol. The first kappa shape index (κ1) is 13.3. The molecule has 0 aliphatic heterocycles. The summed E-state index contributed by atoms with van der Waals surface area (Å²) in [5.74, 6) is 0.817. The van der Waals surface area contributed by atoms with Crippen molar-refractivity contribution in [3.8, 4) is 5.75 Å². The molecule has 0 saturated heterocycles. The van der Waals surface area contributed by atoms with Gasteiger partial charge in [0, 0.05) is 6.42 Å². The molecule has 2 rings (SSSR count). The van der Waals surface area contributed by atoms with Crippen LogP contribution in [0.25, 0.3) is 0 Å². The number of aryl methyl sites for hydroxylation is 2. The van der Waals surface area contributed by atoms with Crippen LogP contribution >= 0.6 is 0 Å². The number of benzene rings is 2. The van der Waals surface area contributed by atoms with Gasteiger partial charge in [0.05, 0.1) is 0 Å². The van der Waals surface area contributed by atoms with Crippen molar-refractivity contribution < 1.29 is 9.53 Å². The lowest BCUT2D eigenvalue weighted by Crippen LogP contribution is -2.00. The molecule has 0 aliphatic carbocycles. The topological polar surface area (TPSA) is 26.3 Å². The highest BCUT2D eigenvalue weighted by molar-refractivity contribution is 5.55. The van der Waals surface area contributed by atoms with Crippen LogP contribution in [0.1, 0.15) is 22.3 Å². The molecule has 0 bridgehead atoms. The summed E-state index contributed by atoms with van der Waals surface area (Å²) in [4.78, 5) is 10.3. The zero-order chi connectivity index (χ0) is 13.7. The molecule has 0 unspecified atom stereocenters. The van der Waals surface area contributed by atoms with Gasteiger partial charge in [-0.3, -0.25) is 4.79 Å². The summed E-state index contributed by atoms with van der Waals surface area (Å²) in [5.41, 5.74) is 4.67. The van der Waals surface area contributed by atoms with Crippen molar-refractivity contribution in [2.24, 2.45) is 0 Å². The van der Waals surface area contributed by atoms with E-state index in [9.17, 15) is 4.79 Å². The summed E-state index contributed by atoms with van der Waals surface area (Å²) in [6.45, 7) is 4.75. The van der Waals surface area contributed by atoms with E-state index in [0.29, 0.717) is 13.0 Å². The predicted molar refractivity (Wildman–Crippen MR) is 76.1 cm³/mol. The Morgan fingerprint density at radius 1 is 1.00 bits per heavy atom. The summed E-state index contributed by atoms with van der Waals surface area (Å²) in [6, 6.07) is 13.8. The summed E-state index contributed by atoms with van der Waals surface area (Å²) < 4.78 is 5.79. The fraction of sp³-hybridized carbons (Fsp3) is 0.235. The SMILES string of the molecule is Cc1cccc(C)c1COc1ccc(C[C]=O)cc1. The predicted octanol–water partition coefficient (Wildman–Crippen LogP) is 3.53. The van der Waals surface area contributed by atoms with E-state index in [2.05, 4.69) is 32.0 Å². The fourth-order valence-electron chi connectivity index (χ4n) is 2.02. The molecular formula is C17H17O2. The molecule has 0 heterocycles. The number of hydrogen-bond donors (Lipinski definition) is 0. The van der Waals surface area contributed by atoms with Crippen LogP contribution in [0.5, 0.6) is 5.75 Å². The quantitative estimate of drug-likeness (QED) is 0.814. The maximum Gasteiger partial charge on any atom is 0.203 e. The molecule has 0 spiro atoms. The van der Waals surface area contributed by atoms with Gasteiger partial charge >= 0.3 is 0 Å². The number of ether oxygens (including phenoxy) is 1. The van der Waals surface area contributed by atoms with E-state index in [1.807, 2.05) is 30.6 Å². The lowest BCUT2D eigenvalue weighted by atomic mass is 10.0. The van der Waals surface area contributed by atoms with E-state index in [4.69, 9.17) is 4.74 Å². The Bertz CT molecular complexity index is 536. The summed E-state index contributed by atoms with van der Waals surface area (Å²) in [5, 5.41) is 0. The average Bonchev–Trinajstić information content (AvgIpc) is 2.40. The summed E-state index contributed by atoms with van der Waals surface area (Å²) >= 11 is 0. The van der Waals surface area contributed by atoms with Crippen molar-refractivity contribution in [3.05, 3.63) is 64.7 Å². The molecule has 19 heavy (non-hydrogen) atoms. The Balaban J connectivity index is 2.04. The van der Waals surface area contributed by atoms with E-state index < -0.39 is 0 Å². The zero-order valence-corrected chi connectivity index (χ0v) is 11.3. The second kappa shape index (κ2) is 6.19. The maximum atomic E-state index is 10.3. The van der Waals surface area contributed by atoms with Gasteiger partial charge in [-0.2, -0.15) is 0 Å². The molecule has 97 valence electrons. The molecule has 0 atom stereocenters. The van der Waals surface area contributed by atoms with E-state index in [1.54, 1.807) is 0 Å². The van der Waals surface area contributed by atoms with Crippen LogP contribution in [0.15, 0.2) is 42.5 Å². The van der Waals surface area contributed by atoms with Gasteiger partial charge in [0.2, 0.25) is 6.29 Å². The Labute approximate surface area is 114 Å². The van der Waals surface area contributed by atoms with Crippen molar-refractivity contribution >= 4 is 6.29 Å². The number of hydrogen-bond acceptors (Lipinski definition) is 2. The summed E-state index contributed by atoms with van der Waals surface area (Å²) in [6.07, 6.45) is 2.22. The van der Waals surface area contributed by atoms with E-state index in [0.717, 1.165) is 11.3 Å². The van der Waals surface area contributed by atoms with E-state index >= 15 is 0 Å². The van der Waals surface area contributed by atoms with Gasteiger partial charge in [0.25, 0.3) is 0 Å².